The van der Waals surface area contributed by atoms with Crippen molar-refractivity contribution < 1.29 is 31.7 Å². The number of sulfonamides is 1. The van der Waals surface area contributed by atoms with Gasteiger partial charge in [-0.25, -0.2) is 27.3 Å². The van der Waals surface area contributed by atoms with Crippen LogP contribution >= 0.6 is 19.4 Å². The number of aromatic nitrogens is 4. The molecule has 13 nitrogen and oxygen atoms in total. The van der Waals surface area contributed by atoms with Crippen LogP contribution in [0.1, 0.15) is 5.69 Å². The van der Waals surface area contributed by atoms with Crippen LogP contribution in [0, 0.1) is 12.7 Å². The second kappa shape index (κ2) is 12.1. The summed E-state index contributed by atoms with van der Waals surface area (Å²) in [4.78, 5) is 28.0. The van der Waals surface area contributed by atoms with E-state index in [-0.39, 0.29) is 17.3 Å². The van der Waals surface area contributed by atoms with Gasteiger partial charge in [-0.15, -0.1) is 0 Å². The monoisotopic (exact) mass is 613 g/mol. The molecule has 0 saturated heterocycles. The Labute approximate surface area is 234 Å². The van der Waals surface area contributed by atoms with E-state index in [0.29, 0.717) is 53.6 Å². The van der Waals surface area contributed by atoms with Crippen LogP contribution in [-0.2, 0) is 19.1 Å². The lowest BCUT2D eigenvalue weighted by molar-refractivity contribution is 0.174. The van der Waals surface area contributed by atoms with E-state index in [0.717, 1.165) is 12.1 Å². The fourth-order valence-electron chi connectivity index (χ4n) is 3.71. The van der Waals surface area contributed by atoms with Crippen LogP contribution in [0.25, 0.3) is 22.4 Å². The maximum atomic E-state index is 14.1. The Morgan fingerprint density at radius 1 is 1.15 bits per heavy atom. The van der Waals surface area contributed by atoms with Gasteiger partial charge in [0.25, 0.3) is 10.0 Å². The maximum Gasteiger partial charge on any atom is 0.469 e. The summed E-state index contributed by atoms with van der Waals surface area (Å²) < 4.78 is 57.1. The van der Waals surface area contributed by atoms with Gasteiger partial charge in [0.05, 0.1) is 17.7 Å². The Kier molecular flexibility index (Phi) is 9.05. The third-order valence-electron chi connectivity index (χ3n) is 5.70. The highest BCUT2D eigenvalue weighted by atomic mass is 35.5. The Bertz CT molecular complexity index is 1670. The lowest BCUT2D eigenvalue weighted by atomic mass is 10.2. The first-order valence-electron chi connectivity index (χ1n) is 11.8. The minimum Gasteiger partial charge on any atom is -0.368 e. The SMILES string of the molecule is Cc1n[nH]c2nc(-c3ccc(NS(=O)(=O)c4cc(Cl)ccc4F)cc3)nc(NCCN(C)CCOP(=O)(O)O)c12. The Hall–Kier alpha value is -3.17. The molecule has 4 rings (SSSR count). The van der Waals surface area contributed by atoms with Gasteiger partial charge < -0.3 is 20.0 Å². The molecule has 0 aliphatic heterocycles. The minimum atomic E-state index is -4.51. The molecule has 0 unspecified atom stereocenters. The standard InChI is InChI=1S/C23H26ClFN7O6PS/c1-14-20-22(26-9-10-32(2)11-12-38-39(33,34)35)27-21(28-23(20)30-29-14)15-3-6-17(7-4-15)31-40(36,37)19-13-16(24)5-8-18(19)25/h3-8,13,31H,9-12H2,1-2H3,(H2,33,34,35)(H2,26,27,28,29,30). The number of H-pyrrole nitrogens is 1. The summed E-state index contributed by atoms with van der Waals surface area (Å²) in [6.07, 6.45) is 0. The molecule has 17 heteroatoms. The van der Waals surface area contributed by atoms with E-state index in [1.807, 2.05) is 11.8 Å². The smallest absolute Gasteiger partial charge is 0.368 e. The Balaban J connectivity index is 1.49. The summed E-state index contributed by atoms with van der Waals surface area (Å²) >= 11 is 5.83. The van der Waals surface area contributed by atoms with Crippen molar-refractivity contribution in [3.8, 4) is 11.4 Å². The van der Waals surface area contributed by atoms with Crippen molar-refractivity contribution in [1.82, 2.24) is 25.1 Å². The highest BCUT2D eigenvalue weighted by Gasteiger charge is 2.20. The molecular formula is C23H26ClFN7O6PS. The fourth-order valence-corrected chi connectivity index (χ4v) is 5.43. The molecule has 0 fully saturated rings. The summed E-state index contributed by atoms with van der Waals surface area (Å²) in [6, 6.07) is 9.52. The number of phosphoric acid groups is 1. The molecule has 2 aromatic carbocycles. The molecule has 40 heavy (non-hydrogen) atoms. The summed E-state index contributed by atoms with van der Waals surface area (Å²) in [7, 11) is -6.95. The van der Waals surface area contributed by atoms with Gasteiger partial charge in [0, 0.05) is 35.9 Å². The quantitative estimate of drug-likeness (QED) is 0.148. The summed E-state index contributed by atoms with van der Waals surface area (Å²) in [6.45, 7) is 2.96. The maximum absolute atomic E-state index is 14.1. The number of nitrogens with zero attached hydrogens (tertiary/aromatic N) is 4. The molecule has 0 saturated carbocycles. The first-order valence-corrected chi connectivity index (χ1v) is 15.1. The molecule has 0 spiro atoms. The molecule has 214 valence electrons. The van der Waals surface area contributed by atoms with E-state index in [1.54, 1.807) is 19.2 Å². The number of rotatable bonds is 12. The average molecular weight is 614 g/mol. The summed E-state index contributed by atoms with van der Waals surface area (Å²) in [5, 5.41) is 11.1. The highest BCUT2D eigenvalue weighted by molar-refractivity contribution is 7.92. The Morgan fingerprint density at radius 3 is 2.58 bits per heavy atom. The van der Waals surface area contributed by atoms with E-state index >= 15 is 0 Å². The first-order chi connectivity index (χ1) is 18.8. The molecule has 0 radical (unpaired) electrons. The number of hydrogen-bond donors (Lipinski definition) is 5. The van der Waals surface area contributed by atoms with Gasteiger partial charge in [0.2, 0.25) is 0 Å². The van der Waals surface area contributed by atoms with E-state index < -0.39 is 28.6 Å². The largest absolute Gasteiger partial charge is 0.469 e. The van der Waals surface area contributed by atoms with Crippen molar-refractivity contribution in [2.45, 2.75) is 11.8 Å². The zero-order chi connectivity index (χ0) is 29.1. The summed E-state index contributed by atoms with van der Waals surface area (Å²) in [5.41, 5.74) is 1.96. The lowest BCUT2D eigenvalue weighted by Crippen LogP contribution is -2.28. The molecule has 0 bridgehead atoms. The Morgan fingerprint density at radius 2 is 1.88 bits per heavy atom. The van der Waals surface area contributed by atoms with Crippen LogP contribution in [0.15, 0.2) is 47.4 Å². The van der Waals surface area contributed by atoms with Crippen LogP contribution in [0.5, 0.6) is 0 Å². The van der Waals surface area contributed by atoms with Crippen molar-refractivity contribution in [3.63, 3.8) is 0 Å². The number of fused-ring (bicyclic) bond motifs is 1. The van der Waals surface area contributed by atoms with Gasteiger partial charge >= 0.3 is 7.82 Å². The van der Waals surface area contributed by atoms with Gasteiger partial charge in [0.1, 0.15) is 16.5 Å². The molecular weight excluding hydrogens is 588 g/mol. The molecule has 5 N–H and O–H groups in total. The van der Waals surface area contributed by atoms with Gasteiger partial charge in [-0.2, -0.15) is 5.10 Å². The van der Waals surface area contributed by atoms with E-state index in [4.69, 9.17) is 21.4 Å². The van der Waals surface area contributed by atoms with Gasteiger partial charge in [-0.1, -0.05) is 11.6 Å². The number of hydrogen-bond acceptors (Lipinski definition) is 9. The third-order valence-corrected chi connectivity index (χ3v) is 7.85. The molecule has 0 aliphatic carbocycles. The number of halogens is 2. The van der Waals surface area contributed by atoms with Crippen molar-refractivity contribution in [2.24, 2.45) is 0 Å². The van der Waals surface area contributed by atoms with Gasteiger partial charge in [-0.05, 0) is 56.4 Å². The van der Waals surface area contributed by atoms with Gasteiger partial charge in [-0.3, -0.25) is 14.3 Å². The molecule has 0 atom stereocenters. The van der Waals surface area contributed by atoms with Crippen LogP contribution in [-0.4, -0.2) is 76.6 Å². The fraction of sp³-hybridized carbons (Fsp3) is 0.261. The highest BCUT2D eigenvalue weighted by Crippen LogP contribution is 2.35. The number of likely N-dealkylation sites (N-methyl/N-ethyl adjacent to an activating group) is 1. The molecule has 0 amide bonds. The molecule has 0 aliphatic rings. The number of phosphoric ester groups is 1. The lowest BCUT2D eigenvalue weighted by Gasteiger charge is -2.17. The predicted octanol–water partition coefficient (Wildman–Crippen LogP) is 3.37. The number of aromatic amines is 1. The van der Waals surface area contributed by atoms with Crippen LogP contribution in [0.2, 0.25) is 5.02 Å². The number of benzene rings is 2. The average Bonchev–Trinajstić information content (AvgIpc) is 3.25. The first kappa shape index (κ1) is 29.8. The van der Waals surface area contributed by atoms with Crippen molar-refractivity contribution in [3.05, 3.63) is 59.0 Å². The van der Waals surface area contributed by atoms with Crippen molar-refractivity contribution >= 4 is 52.0 Å². The normalized spacial score (nSPS) is 12.3. The zero-order valence-corrected chi connectivity index (χ0v) is 23.8. The van der Waals surface area contributed by atoms with Crippen LogP contribution < -0.4 is 10.0 Å². The topological polar surface area (TPSA) is 183 Å². The molecule has 2 aromatic heterocycles. The third kappa shape index (κ3) is 7.52. The van der Waals surface area contributed by atoms with Crippen molar-refractivity contribution in [1.29, 1.82) is 0 Å². The van der Waals surface area contributed by atoms with E-state index in [9.17, 15) is 17.4 Å². The number of aryl methyl sites for hydroxylation is 1. The molecule has 2 heterocycles. The van der Waals surface area contributed by atoms with Gasteiger partial charge in [0.15, 0.2) is 11.5 Å². The molecule has 4 aromatic rings. The number of anilines is 2. The van der Waals surface area contributed by atoms with Crippen LogP contribution in [0.3, 0.4) is 0 Å². The van der Waals surface area contributed by atoms with E-state index in [1.165, 1.54) is 18.2 Å². The summed E-state index contributed by atoms with van der Waals surface area (Å²) in [5.74, 6) is -0.0598. The predicted molar refractivity (Wildman–Crippen MR) is 148 cm³/mol. The number of nitrogens with one attached hydrogen (secondary N) is 3. The van der Waals surface area contributed by atoms with E-state index in [2.05, 4.69) is 34.7 Å². The van der Waals surface area contributed by atoms with Crippen LogP contribution in [0.4, 0.5) is 15.9 Å². The second-order valence-corrected chi connectivity index (χ2v) is 12.1. The zero-order valence-electron chi connectivity index (χ0n) is 21.3. The minimum absolute atomic E-state index is 0.0867. The second-order valence-electron chi connectivity index (χ2n) is 8.74. The van der Waals surface area contributed by atoms with Crippen molar-refractivity contribution in [2.75, 3.05) is 43.3 Å².